The Hall–Kier alpha value is -4.46. The Balaban J connectivity index is 1.82. The van der Waals surface area contributed by atoms with Crippen molar-refractivity contribution in [2.75, 3.05) is 0 Å². The second-order valence-electron chi connectivity index (χ2n) is 9.59. The fourth-order valence-corrected chi connectivity index (χ4v) is 4.51. The quantitative estimate of drug-likeness (QED) is 0.158. The van der Waals surface area contributed by atoms with Gasteiger partial charge in [0.15, 0.2) is 12.4 Å². The van der Waals surface area contributed by atoms with E-state index in [2.05, 4.69) is 0 Å². The molecule has 2 aromatic heterocycles. The Labute approximate surface area is 227 Å². The molecule has 0 N–H and O–H groups in total. The highest BCUT2D eigenvalue weighted by Gasteiger charge is 2.32. The molecule has 0 bridgehead atoms. The van der Waals surface area contributed by atoms with Crippen molar-refractivity contribution in [2.45, 2.75) is 19.3 Å². The van der Waals surface area contributed by atoms with Crippen LogP contribution >= 0.6 is 0 Å². The summed E-state index contributed by atoms with van der Waals surface area (Å²) in [5.41, 5.74) is 3.98. The number of nitrogens with zero attached hydrogens (tertiary/aromatic N) is 2. The Bertz CT molecular complexity index is 1560. The van der Waals surface area contributed by atoms with Crippen molar-refractivity contribution in [3.8, 4) is 39.3 Å². The minimum atomic E-state index is -4.49. The monoisotopic (exact) mass is 550 g/mol. The van der Waals surface area contributed by atoms with Gasteiger partial charge >= 0.3 is 12.4 Å². The van der Waals surface area contributed by atoms with Crippen LogP contribution in [0.2, 0.25) is 0 Å². The zero-order valence-electron chi connectivity index (χ0n) is 21.6. The van der Waals surface area contributed by atoms with Gasteiger partial charge in [-0.2, -0.15) is 30.9 Å². The van der Waals surface area contributed by atoms with E-state index in [1.54, 1.807) is 0 Å². The van der Waals surface area contributed by atoms with Crippen molar-refractivity contribution < 1.29 is 35.5 Å². The highest BCUT2D eigenvalue weighted by Crippen LogP contribution is 2.35. The predicted octanol–water partition coefficient (Wildman–Crippen LogP) is 8.13. The zero-order chi connectivity index (χ0) is 28.7. The summed E-state index contributed by atoms with van der Waals surface area (Å²) in [5.74, 6) is 0. The lowest BCUT2D eigenvalue weighted by molar-refractivity contribution is -0.671. The van der Waals surface area contributed by atoms with E-state index in [1.807, 2.05) is 84.0 Å². The molecule has 5 aromatic rings. The molecule has 0 aliphatic heterocycles. The van der Waals surface area contributed by atoms with Crippen LogP contribution in [0.3, 0.4) is 0 Å². The molecular formula is C32H24F6N2+2. The molecule has 0 amide bonds. The van der Waals surface area contributed by atoms with E-state index < -0.39 is 23.5 Å². The minimum Gasteiger partial charge on any atom is -0.208 e. The van der Waals surface area contributed by atoms with Gasteiger partial charge in [0.2, 0.25) is 17.1 Å². The normalized spacial score (nSPS) is 12.0. The predicted molar refractivity (Wildman–Crippen MR) is 140 cm³/mol. The number of halogens is 6. The summed E-state index contributed by atoms with van der Waals surface area (Å²) in [6.07, 6.45) is -5.24. The van der Waals surface area contributed by atoms with Gasteiger partial charge in [0.1, 0.15) is 7.05 Å². The number of hydrogen-bond acceptors (Lipinski definition) is 0. The Morgan fingerprint density at radius 1 is 0.500 bits per heavy atom. The van der Waals surface area contributed by atoms with E-state index in [0.29, 0.717) is 28.2 Å². The first-order chi connectivity index (χ1) is 18.9. The number of aromatic nitrogens is 2. The van der Waals surface area contributed by atoms with Crippen molar-refractivity contribution >= 4 is 0 Å². The van der Waals surface area contributed by atoms with Crippen molar-refractivity contribution in [1.29, 1.82) is 0 Å². The summed E-state index contributed by atoms with van der Waals surface area (Å²) in [5, 5.41) is 0. The maximum Gasteiger partial charge on any atom is 0.416 e. The smallest absolute Gasteiger partial charge is 0.208 e. The average molecular weight is 551 g/mol. The van der Waals surface area contributed by atoms with Crippen LogP contribution in [-0.4, -0.2) is 0 Å². The van der Waals surface area contributed by atoms with Crippen LogP contribution in [0.15, 0.2) is 109 Å². The van der Waals surface area contributed by atoms with Gasteiger partial charge in [-0.15, -0.1) is 0 Å². The van der Waals surface area contributed by atoms with Gasteiger partial charge in [0, 0.05) is 47.5 Å². The lowest BCUT2D eigenvalue weighted by atomic mass is 9.98. The first-order valence-electron chi connectivity index (χ1n) is 12.4. The molecule has 0 radical (unpaired) electrons. The second kappa shape index (κ2) is 10.3. The molecule has 0 fully saturated rings. The SMILES string of the molecule is Cc1ccc(-[n+]2c(-c3ccc(C(F)(F)F)cc3)cc(-c3cc[n+](C)cc3)cc2-c2ccc(C(F)(F)F)cc2)cc1. The molecule has 2 heterocycles. The minimum absolute atomic E-state index is 0.519. The summed E-state index contributed by atoms with van der Waals surface area (Å²) in [4.78, 5) is 0. The molecule has 40 heavy (non-hydrogen) atoms. The van der Waals surface area contributed by atoms with Gasteiger partial charge in [-0.1, -0.05) is 17.7 Å². The molecule has 202 valence electrons. The van der Waals surface area contributed by atoms with Crippen LogP contribution in [0.4, 0.5) is 26.3 Å². The van der Waals surface area contributed by atoms with Crippen LogP contribution < -0.4 is 9.13 Å². The Morgan fingerprint density at radius 2 is 0.925 bits per heavy atom. The molecule has 0 aliphatic carbocycles. The Morgan fingerprint density at radius 3 is 1.32 bits per heavy atom. The summed E-state index contributed by atoms with van der Waals surface area (Å²) in [6.45, 7) is 1.93. The maximum absolute atomic E-state index is 13.3. The first kappa shape index (κ1) is 27.1. The lowest BCUT2D eigenvalue weighted by Gasteiger charge is -2.14. The first-order valence-corrected chi connectivity index (χ1v) is 12.4. The van der Waals surface area contributed by atoms with Crippen molar-refractivity contribution in [2.24, 2.45) is 7.05 Å². The van der Waals surface area contributed by atoms with E-state index in [9.17, 15) is 26.3 Å². The Kier molecular flexibility index (Phi) is 6.96. The lowest BCUT2D eigenvalue weighted by Crippen LogP contribution is -2.36. The number of aryl methyl sites for hydroxylation is 2. The molecule has 0 saturated heterocycles. The summed E-state index contributed by atoms with van der Waals surface area (Å²) >= 11 is 0. The highest BCUT2D eigenvalue weighted by atomic mass is 19.4. The van der Waals surface area contributed by atoms with Gasteiger partial charge in [-0.05, 0) is 66.6 Å². The van der Waals surface area contributed by atoms with Crippen molar-refractivity contribution in [3.63, 3.8) is 0 Å². The molecular weight excluding hydrogens is 526 g/mol. The number of hydrogen-bond donors (Lipinski definition) is 0. The number of benzene rings is 3. The van der Waals surface area contributed by atoms with Gasteiger partial charge in [-0.3, -0.25) is 0 Å². The van der Waals surface area contributed by atoms with Crippen LogP contribution in [0.1, 0.15) is 16.7 Å². The van der Waals surface area contributed by atoms with Gasteiger partial charge < -0.3 is 0 Å². The molecule has 2 nitrogen and oxygen atoms in total. The molecule has 0 saturated carbocycles. The van der Waals surface area contributed by atoms with Crippen molar-refractivity contribution in [3.05, 3.63) is 126 Å². The summed E-state index contributed by atoms with van der Waals surface area (Å²) in [7, 11) is 1.88. The number of rotatable bonds is 4. The summed E-state index contributed by atoms with van der Waals surface area (Å²) < 4.78 is 83.7. The number of alkyl halides is 6. The van der Waals surface area contributed by atoms with E-state index in [4.69, 9.17) is 0 Å². The van der Waals surface area contributed by atoms with E-state index in [-0.39, 0.29) is 0 Å². The van der Waals surface area contributed by atoms with E-state index in [1.165, 1.54) is 24.3 Å². The zero-order valence-corrected chi connectivity index (χ0v) is 21.6. The molecule has 0 unspecified atom stereocenters. The van der Waals surface area contributed by atoms with Gasteiger partial charge in [0.25, 0.3) is 0 Å². The van der Waals surface area contributed by atoms with Gasteiger partial charge in [-0.25, -0.2) is 4.57 Å². The van der Waals surface area contributed by atoms with Crippen LogP contribution in [0, 0.1) is 6.92 Å². The molecule has 0 aliphatic rings. The number of pyridine rings is 2. The van der Waals surface area contributed by atoms with Crippen LogP contribution in [-0.2, 0) is 19.4 Å². The maximum atomic E-state index is 13.3. The second-order valence-corrected chi connectivity index (χ2v) is 9.59. The molecule has 5 rings (SSSR count). The fourth-order valence-electron chi connectivity index (χ4n) is 4.51. The fraction of sp³-hybridized carbons (Fsp3) is 0.125. The molecule has 0 atom stereocenters. The van der Waals surface area contributed by atoms with Gasteiger partial charge in [0.05, 0.1) is 11.1 Å². The van der Waals surface area contributed by atoms with E-state index in [0.717, 1.165) is 41.0 Å². The third kappa shape index (κ3) is 5.61. The standard InChI is InChI=1S/C32H24F6N2/c1-21-3-13-28(14-4-21)40-29(23-5-9-26(10-6-23)31(33,34)35)19-25(22-15-17-39(2)18-16-22)20-30(40)24-7-11-27(12-8-24)32(36,37)38/h3-20H,1-2H3/q+2. The third-order valence-electron chi connectivity index (χ3n) is 6.69. The molecule has 8 heteroatoms. The van der Waals surface area contributed by atoms with Crippen LogP contribution in [0.25, 0.3) is 39.3 Å². The summed E-state index contributed by atoms with van der Waals surface area (Å²) in [6, 6.07) is 24.9. The highest BCUT2D eigenvalue weighted by molar-refractivity contribution is 5.74. The molecule has 3 aromatic carbocycles. The largest absolute Gasteiger partial charge is 0.416 e. The third-order valence-corrected chi connectivity index (χ3v) is 6.69. The van der Waals surface area contributed by atoms with Crippen LogP contribution in [0.5, 0.6) is 0 Å². The topological polar surface area (TPSA) is 7.76 Å². The van der Waals surface area contributed by atoms with Crippen molar-refractivity contribution in [1.82, 2.24) is 0 Å². The average Bonchev–Trinajstić information content (AvgIpc) is 2.92. The van der Waals surface area contributed by atoms with E-state index >= 15 is 0 Å². The molecule has 0 spiro atoms.